The Balaban J connectivity index is 2.55. The predicted octanol–water partition coefficient (Wildman–Crippen LogP) is 5.11. The maximum absolute atomic E-state index is 10.5. The number of hydrogen-bond acceptors (Lipinski definition) is 2. The minimum Gasteiger partial charge on any atom is -0.417 e. The van der Waals surface area contributed by atoms with Crippen LogP contribution in [0.15, 0.2) is 42.1 Å². The van der Waals surface area contributed by atoms with Gasteiger partial charge in [0.1, 0.15) is 8.07 Å². The maximum Gasteiger partial charge on any atom is 0.191 e. The van der Waals surface area contributed by atoms with Crippen LogP contribution in [-0.4, -0.2) is 34.2 Å². The van der Waals surface area contributed by atoms with Gasteiger partial charge >= 0.3 is 0 Å². The Morgan fingerprint density at radius 1 is 1.08 bits per heavy atom. The van der Waals surface area contributed by atoms with Gasteiger partial charge in [-0.2, -0.15) is 0 Å². The van der Waals surface area contributed by atoms with E-state index >= 15 is 0 Å². The number of benzene rings is 1. The summed E-state index contributed by atoms with van der Waals surface area (Å²) in [5, 5.41) is 12.1. The fourth-order valence-electron chi connectivity index (χ4n) is 2.40. The summed E-state index contributed by atoms with van der Waals surface area (Å²) in [7, 11) is -3.31. The van der Waals surface area contributed by atoms with E-state index in [2.05, 4.69) is 96.0 Å². The minimum absolute atomic E-state index is 0.151. The van der Waals surface area contributed by atoms with Crippen molar-refractivity contribution in [3.63, 3.8) is 0 Å². The lowest BCUT2D eigenvalue weighted by Crippen LogP contribution is -2.41. The van der Waals surface area contributed by atoms with Crippen LogP contribution >= 0.6 is 0 Å². The lowest BCUT2D eigenvalue weighted by Gasteiger charge is -2.36. The van der Waals surface area contributed by atoms with Crippen LogP contribution in [-0.2, 0) is 4.43 Å². The third-order valence-corrected chi connectivity index (χ3v) is 13.0. The summed E-state index contributed by atoms with van der Waals surface area (Å²) in [5.74, 6) is 0.151. The molecular formula is C21H38O2Si2. The Hall–Kier alpha value is -0.686. The highest BCUT2D eigenvalue weighted by atomic mass is 28.4. The lowest BCUT2D eigenvalue weighted by molar-refractivity contribution is 0.105. The molecule has 0 fully saturated rings. The maximum atomic E-state index is 10.5. The van der Waals surface area contributed by atoms with Crippen molar-refractivity contribution in [1.29, 1.82) is 0 Å². The fourth-order valence-corrected chi connectivity index (χ4v) is 5.49. The molecule has 2 atom stereocenters. The van der Waals surface area contributed by atoms with Crippen LogP contribution in [0.2, 0.25) is 31.2 Å². The van der Waals surface area contributed by atoms with Crippen molar-refractivity contribution in [3.05, 3.63) is 42.1 Å². The molecule has 0 saturated carbocycles. The summed E-state index contributed by atoms with van der Waals surface area (Å²) in [6.45, 7) is 18.7. The Morgan fingerprint density at radius 2 is 1.64 bits per heavy atom. The molecule has 0 spiro atoms. The molecule has 1 N–H and O–H groups in total. The normalized spacial score (nSPS) is 16.2. The van der Waals surface area contributed by atoms with E-state index in [0.717, 1.165) is 0 Å². The van der Waals surface area contributed by atoms with Crippen LogP contribution in [0.1, 0.15) is 34.1 Å². The average Bonchev–Trinajstić information content (AvgIpc) is 2.52. The van der Waals surface area contributed by atoms with Crippen molar-refractivity contribution in [2.24, 2.45) is 5.92 Å². The van der Waals surface area contributed by atoms with Crippen molar-refractivity contribution in [2.75, 3.05) is 6.61 Å². The van der Waals surface area contributed by atoms with Gasteiger partial charge in [-0.25, -0.2) is 0 Å². The standard InChI is InChI=1S/C21H38O2Si2/c1-18(15-17-24(5,6)19-12-10-9-11-13-19)20(22)14-16-23-25(7,8)21(2,3)4/h9-13,15,17-18,20,22H,14,16H2,1-8H3/b17-15+/t18-,20-/m0/s1. The molecule has 0 aliphatic heterocycles. The molecule has 4 heteroatoms. The summed E-state index contributed by atoms with van der Waals surface area (Å²) in [6, 6.07) is 10.7. The zero-order valence-electron chi connectivity index (χ0n) is 17.5. The molecule has 0 bridgehead atoms. The first-order valence-corrected chi connectivity index (χ1v) is 15.4. The van der Waals surface area contributed by atoms with Crippen LogP contribution in [0.5, 0.6) is 0 Å². The summed E-state index contributed by atoms with van der Waals surface area (Å²) >= 11 is 0. The van der Waals surface area contributed by atoms with Crippen LogP contribution in [0.25, 0.3) is 0 Å². The molecular weight excluding hydrogens is 340 g/mol. The Kier molecular flexibility index (Phi) is 7.87. The molecule has 0 amide bonds. The molecule has 0 aliphatic carbocycles. The van der Waals surface area contributed by atoms with E-state index in [9.17, 15) is 5.11 Å². The Labute approximate surface area is 157 Å². The van der Waals surface area contributed by atoms with Crippen molar-refractivity contribution in [1.82, 2.24) is 0 Å². The van der Waals surface area contributed by atoms with Crippen molar-refractivity contribution in [2.45, 2.75) is 71.4 Å². The van der Waals surface area contributed by atoms with Crippen LogP contribution in [0.3, 0.4) is 0 Å². The smallest absolute Gasteiger partial charge is 0.191 e. The van der Waals surface area contributed by atoms with Crippen LogP contribution in [0.4, 0.5) is 0 Å². The van der Waals surface area contributed by atoms with E-state index in [1.807, 2.05) is 0 Å². The second-order valence-electron chi connectivity index (χ2n) is 9.27. The zero-order valence-corrected chi connectivity index (χ0v) is 19.5. The SMILES string of the molecule is C[C@@H](/C=C/[Si](C)(C)c1ccccc1)[C@@H](O)CCO[Si](C)(C)C(C)(C)C. The van der Waals surface area contributed by atoms with Crippen molar-refractivity contribution in [3.8, 4) is 0 Å². The number of rotatable bonds is 8. The van der Waals surface area contributed by atoms with E-state index in [0.29, 0.717) is 13.0 Å². The quantitative estimate of drug-likeness (QED) is 0.637. The molecule has 2 nitrogen and oxygen atoms in total. The molecule has 1 aromatic rings. The predicted molar refractivity (Wildman–Crippen MR) is 116 cm³/mol. The van der Waals surface area contributed by atoms with Crippen LogP contribution < -0.4 is 5.19 Å². The monoisotopic (exact) mass is 378 g/mol. The van der Waals surface area contributed by atoms with Gasteiger partial charge in [0.05, 0.1) is 6.10 Å². The number of aliphatic hydroxyl groups is 1. The summed E-state index contributed by atoms with van der Waals surface area (Å²) in [6.07, 6.45) is 2.56. The third-order valence-electron chi connectivity index (χ3n) is 5.62. The van der Waals surface area contributed by atoms with Gasteiger partial charge in [0.2, 0.25) is 0 Å². The van der Waals surface area contributed by atoms with Crippen molar-refractivity contribution >= 4 is 21.6 Å². The van der Waals surface area contributed by atoms with Gasteiger partial charge in [-0.3, -0.25) is 0 Å². The molecule has 1 aromatic carbocycles. The summed E-state index contributed by atoms with van der Waals surface area (Å²) in [4.78, 5) is 0. The largest absolute Gasteiger partial charge is 0.417 e. The number of aliphatic hydroxyl groups excluding tert-OH is 1. The molecule has 0 radical (unpaired) electrons. The zero-order chi connectivity index (χ0) is 19.3. The van der Waals surface area contributed by atoms with E-state index in [1.165, 1.54) is 5.19 Å². The highest BCUT2D eigenvalue weighted by Crippen LogP contribution is 2.36. The number of hydrogen-bond donors (Lipinski definition) is 1. The molecule has 0 aromatic heterocycles. The first-order chi connectivity index (χ1) is 11.4. The molecule has 0 saturated heterocycles. The fraction of sp³-hybridized carbons (Fsp3) is 0.619. The highest BCUT2D eigenvalue weighted by Gasteiger charge is 2.37. The van der Waals surface area contributed by atoms with E-state index in [4.69, 9.17) is 4.43 Å². The summed E-state index contributed by atoms with van der Waals surface area (Å²) in [5.41, 5.74) is 2.35. The molecule has 0 unspecified atom stereocenters. The molecule has 25 heavy (non-hydrogen) atoms. The van der Waals surface area contributed by atoms with Crippen molar-refractivity contribution < 1.29 is 9.53 Å². The van der Waals surface area contributed by atoms with Crippen LogP contribution in [0, 0.1) is 5.92 Å². The molecule has 142 valence electrons. The first-order valence-electron chi connectivity index (χ1n) is 9.44. The molecule has 0 heterocycles. The van der Waals surface area contributed by atoms with Gasteiger partial charge < -0.3 is 9.53 Å². The first kappa shape index (κ1) is 22.4. The highest BCUT2D eigenvalue weighted by molar-refractivity contribution is 6.93. The summed E-state index contributed by atoms with van der Waals surface area (Å²) < 4.78 is 6.19. The lowest BCUT2D eigenvalue weighted by atomic mass is 10.0. The van der Waals surface area contributed by atoms with E-state index in [1.54, 1.807) is 0 Å². The van der Waals surface area contributed by atoms with E-state index < -0.39 is 16.4 Å². The Morgan fingerprint density at radius 3 is 2.16 bits per heavy atom. The van der Waals surface area contributed by atoms with Gasteiger partial charge in [0, 0.05) is 6.61 Å². The second kappa shape index (κ2) is 8.80. The Bertz CT molecular complexity index is 545. The van der Waals surface area contributed by atoms with E-state index in [-0.39, 0.29) is 17.1 Å². The third kappa shape index (κ3) is 6.85. The molecule has 1 rings (SSSR count). The van der Waals surface area contributed by atoms with Gasteiger partial charge in [-0.05, 0) is 30.5 Å². The average molecular weight is 379 g/mol. The van der Waals surface area contributed by atoms with Gasteiger partial charge in [-0.15, -0.1) is 0 Å². The van der Waals surface area contributed by atoms with Gasteiger partial charge in [0.15, 0.2) is 8.32 Å². The minimum atomic E-state index is -1.72. The van der Waals surface area contributed by atoms with Gasteiger partial charge in [0.25, 0.3) is 0 Å². The second-order valence-corrected chi connectivity index (χ2v) is 18.4. The topological polar surface area (TPSA) is 29.5 Å². The molecule has 0 aliphatic rings. The van der Waals surface area contributed by atoms with Gasteiger partial charge in [-0.1, -0.05) is 88.1 Å².